The number of amides is 2. The van der Waals surface area contributed by atoms with Crippen LogP contribution in [0.5, 0.6) is 0 Å². The van der Waals surface area contributed by atoms with E-state index in [0.717, 1.165) is 27.7 Å². The molecule has 1 aromatic heterocycles. The lowest BCUT2D eigenvalue weighted by Crippen LogP contribution is -2.46. The number of hydrogen-bond acceptors (Lipinski definition) is 3. The summed E-state index contributed by atoms with van der Waals surface area (Å²) in [5.74, 6) is -0.432. The average molecular weight is 431 g/mol. The van der Waals surface area contributed by atoms with Crippen LogP contribution in [0.25, 0.3) is 17.0 Å². The highest BCUT2D eigenvalue weighted by molar-refractivity contribution is 6.21. The number of aromatic nitrogens is 1. The molecule has 1 aliphatic carbocycles. The summed E-state index contributed by atoms with van der Waals surface area (Å²) in [6.07, 6.45) is 5.53. The van der Waals surface area contributed by atoms with Crippen molar-refractivity contribution in [2.75, 3.05) is 0 Å². The average Bonchev–Trinajstić information content (AvgIpc) is 3.11. The Balaban J connectivity index is 1.40. The van der Waals surface area contributed by atoms with Crippen LogP contribution in [0.3, 0.4) is 0 Å². The predicted molar refractivity (Wildman–Crippen MR) is 129 cm³/mol. The Bertz CT molecular complexity index is 1390. The van der Waals surface area contributed by atoms with Crippen molar-refractivity contribution in [3.63, 3.8) is 0 Å². The predicted octanol–water partition coefficient (Wildman–Crippen LogP) is 5.33. The molecule has 0 bridgehead atoms. The van der Waals surface area contributed by atoms with E-state index in [-0.39, 0.29) is 23.8 Å². The number of benzene rings is 3. The highest BCUT2D eigenvalue weighted by atomic mass is 16.2. The zero-order valence-corrected chi connectivity index (χ0v) is 18.0. The normalized spacial score (nSPS) is 17.8. The van der Waals surface area contributed by atoms with Crippen molar-refractivity contribution in [1.82, 2.24) is 9.88 Å². The zero-order chi connectivity index (χ0) is 22.4. The Morgan fingerprint density at radius 2 is 1.52 bits per heavy atom. The van der Waals surface area contributed by atoms with Crippen LogP contribution in [0.2, 0.25) is 0 Å². The monoisotopic (exact) mass is 430 g/mol. The molecule has 0 radical (unpaired) electrons. The molecule has 0 fully saturated rings. The first kappa shape index (κ1) is 19.6. The maximum Gasteiger partial charge on any atom is 0.261 e. The Kier molecular flexibility index (Phi) is 4.65. The summed E-state index contributed by atoms with van der Waals surface area (Å²) in [4.78, 5) is 33.1. The number of nitrogens with zero attached hydrogens (tertiary/aromatic N) is 2. The van der Waals surface area contributed by atoms with Crippen LogP contribution >= 0.6 is 0 Å². The second-order valence-electron chi connectivity index (χ2n) is 8.73. The van der Waals surface area contributed by atoms with Crippen LogP contribution in [0.4, 0.5) is 0 Å². The van der Waals surface area contributed by atoms with Gasteiger partial charge in [0.1, 0.15) is 0 Å². The van der Waals surface area contributed by atoms with E-state index in [4.69, 9.17) is 4.98 Å². The van der Waals surface area contributed by atoms with Crippen LogP contribution in [-0.2, 0) is 12.8 Å². The third-order valence-corrected chi connectivity index (χ3v) is 6.73. The SMILES string of the molecule is O=C1c2ccccc2C(=O)N1[C@@H](Cc1ccccc1)[C@H]1C=Cc2cc3ccccc3nc2C1. The molecule has 4 heteroatoms. The number of pyridine rings is 1. The second-order valence-corrected chi connectivity index (χ2v) is 8.73. The van der Waals surface area contributed by atoms with Crippen LogP contribution in [-0.4, -0.2) is 27.7 Å². The van der Waals surface area contributed by atoms with E-state index in [1.807, 2.05) is 48.5 Å². The fourth-order valence-corrected chi connectivity index (χ4v) is 5.06. The molecule has 2 atom stereocenters. The molecular formula is C29H22N2O2. The van der Waals surface area contributed by atoms with E-state index in [1.165, 1.54) is 4.90 Å². The molecule has 0 spiro atoms. The maximum atomic E-state index is 13.4. The van der Waals surface area contributed by atoms with Gasteiger partial charge in [-0.1, -0.05) is 72.8 Å². The molecule has 2 amide bonds. The van der Waals surface area contributed by atoms with Crippen LogP contribution in [0.1, 0.15) is 37.5 Å². The molecule has 0 N–H and O–H groups in total. The van der Waals surface area contributed by atoms with Crippen molar-refractivity contribution >= 4 is 28.8 Å². The van der Waals surface area contributed by atoms with Gasteiger partial charge in [0.2, 0.25) is 0 Å². The summed E-state index contributed by atoms with van der Waals surface area (Å²) >= 11 is 0. The zero-order valence-electron chi connectivity index (χ0n) is 18.0. The summed E-state index contributed by atoms with van der Waals surface area (Å²) in [6, 6.07) is 27.2. The quantitative estimate of drug-likeness (QED) is 0.411. The van der Waals surface area contributed by atoms with Crippen LogP contribution in [0.15, 0.2) is 91.0 Å². The fraction of sp³-hybridized carbons (Fsp3) is 0.138. The number of fused-ring (bicyclic) bond motifs is 3. The fourth-order valence-electron chi connectivity index (χ4n) is 5.06. The van der Waals surface area contributed by atoms with E-state index >= 15 is 0 Å². The second kappa shape index (κ2) is 7.82. The molecule has 160 valence electrons. The highest BCUT2D eigenvalue weighted by Crippen LogP contribution is 2.34. The van der Waals surface area contributed by atoms with Gasteiger partial charge in [0.05, 0.1) is 22.7 Å². The molecule has 2 aliphatic rings. The maximum absolute atomic E-state index is 13.4. The summed E-state index contributed by atoms with van der Waals surface area (Å²) in [5, 5.41) is 1.11. The standard InChI is InChI=1S/C29H22N2O2/c32-28-23-11-5-6-12-24(23)29(33)31(28)27(16-19-8-2-1-3-9-19)22-15-14-21-17-20-10-4-7-13-25(20)30-26(21)18-22/h1-15,17,22,27H,16,18H2/t22-,27-/m0/s1. The van der Waals surface area contributed by atoms with Crippen LogP contribution < -0.4 is 0 Å². The Morgan fingerprint density at radius 3 is 2.27 bits per heavy atom. The first-order valence-electron chi connectivity index (χ1n) is 11.3. The molecule has 6 rings (SSSR count). The lowest BCUT2D eigenvalue weighted by atomic mass is 9.83. The van der Waals surface area contributed by atoms with Gasteiger partial charge in [0, 0.05) is 17.0 Å². The van der Waals surface area contributed by atoms with Crippen molar-refractivity contribution in [2.45, 2.75) is 18.9 Å². The van der Waals surface area contributed by atoms with Gasteiger partial charge in [0.25, 0.3) is 11.8 Å². The minimum absolute atomic E-state index is 0.0198. The van der Waals surface area contributed by atoms with Gasteiger partial charge in [-0.15, -0.1) is 0 Å². The summed E-state index contributed by atoms with van der Waals surface area (Å²) in [7, 11) is 0. The smallest absolute Gasteiger partial charge is 0.261 e. The number of rotatable bonds is 4. The number of hydrogen-bond donors (Lipinski definition) is 0. The van der Waals surface area contributed by atoms with Crippen molar-refractivity contribution in [1.29, 1.82) is 0 Å². The molecule has 0 saturated heterocycles. The van der Waals surface area contributed by atoms with E-state index in [0.29, 0.717) is 24.0 Å². The van der Waals surface area contributed by atoms with Crippen molar-refractivity contribution in [3.8, 4) is 0 Å². The van der Waals surface area contributed by atoms with E-state index in [1.54, 1.807) is 12.1 Å². The van der Waals surface area contributed by atoms with Gasteiger partial charge in [-0.05, 0) is 48.2 Å². The molecule has 4 aromatic rings. The summed E-state index contributed by atoms with van der Waals surface area (Å²) in [5.41, 5.74) is 5.16. The number of carbonyl (C=O) groups excluding carboxylic acids is 2. The lowest BCUT2D eigenvalue weighted by molar-refractivity contribution is 0.0545. The van der Waals surface area contributed by atoms with E-state index < -0.39 is 0 Å². The Morgan fingerprint density at radius 1 is 0.848 bits per heavy atom. The van der Waals surface area contributed by atoms with Crippen LogP contribution in [0, 0.1) is 5.92 Å². The van der Waals surface area contributed by atoms with Crippen molar-refractivity contribution < 1.29 is 9.59 Å². The largest absolute Gasteiger partial charge is 0.270 e. The minimum Gasteiger partial charge on any atom is -0.270 e. The van der Waals surface area contributed by atoms with Crippen molar-refractivity contribution in [2.24, 2.45) is 5.92 Å². The molecule has 3 aromatic carbocycles. The lowest BCUT2D eigenvalue weighted by Gasteiger charge is -2.33. The van der Waals surface area contributed by atoms with E-state index in [2.05, 4.69) is 36.4 Å². The van der Waals surface area contributed by atoms with E-state index in [9.17, 15) is 9.59 Å². The molecule has 0 unspecified atom stereocenters. The number of para-hydroxylation sites is 1. The molecule has 2 heterocycles. The summed E-state index contributed by atoms with van der Waals surface area (Å²) in [6.45, 7) is 0. The Labute approximate surface area is 192 Å². The molecule has 0 saturated carbocycles. The van der Waals surface area contributed by atoms with Gasteiger partial charge >= 0.3 is 0 Å². The van der Waals surface area contributed by atoms with Gasteiger partial charge in [0.15, 0.2) is 0 Å². The Hall–Kier alpha value is -4.05. The highest BCUT2D eigenvalue weighted by Gasteiger charge is 2.42. The first-order valence-corrected chi connectivity index (χ1v) is 11.3. The third kappa shape index (κ3) is 3.35. The molecule has 4 nitrogen and oxygen atoms in total. The van der Waals surface area contributed by atoms with Gasteiger partial charge in [-0.3, -0.25) is 19.5 Å². The first-order chi connectivity index (χ1) is 16.2. The number of carbonyl (C=O) groups is 2. The molecule has 1 aliphatic heterocycles. The number of imide groups is 1. The van der Waals surface area contributed by atoms with Gasteiger partial charge in [-0.2, -0.15) is 0 Å². The van der Waals surface area contributed by atoms with Gasteiger partial charge in [-0.25, -0.2) is 0 Å². The molecular weight excluding hydrogens is 408 g/mol. The minimum atomic E-state index is -0.294. The molecule has 33 heavy (non-hydrogen) atoms. The topological polar surface area (TPSA) is 50.3 Å². The van der Waals surface area contributed by atoms with Crippen molar-refractivity contribution in [3.05, 3.63) is 119 Å². The van der Waals surface area contributed by atoms with Gasteiger partial charge < -0.3 is 0 Å². The third-order valence-electron chi connectivity index (χ3n) is 6.73. The summed E-state index contributed by atoms with van der Waals surface area (Å²) < 4.78 is 0.